The fourth-order valence-electron chi connectivity index (χ4n) is 1.12. The molecule has 0 aliphatic rings. The molecule has 2 atom stereocenters. The number of hydrogen-bond donors (Lipinski definition) is 2. The van der Waals surface area contributed by atoms with Crippen LogP contribution in [0.25, 0.3) is 0 Å². The zero-order chi connectivity index (χ0) is 13.7. The number of nitrogens with zero attached hydrogens (tertiary/aromatic N) is 2. The molecule has 0 saturated carbocycles. The van der Waals surface area contributed by atoms with Gasteiger partial charge in [-0.2, -0.15) is 27.4 Å². The van der Waals surface area contributed by atoms with Crippen LogP contribution >= 0.6 is 0 Å². The van der Waals surface area contributed by atoms with Crippen LogP contribution in [0, 0.1) is 22.7 Å². The SMILES string of the molecule is N#CCC(CC(CC#N)S(=O)(=O)O)S(=O)(=O)O. The standard InChI is InChI=1S/C7H10N2O6S2/c8-3-1-6(16(10,11)12)5-7(2-4-9)17(13,14)15/h6-7H,1-2,5H2,(H,10,11,12)(H,13,14,15). The average Bonchev–Trinajstić information content (AvgIpc) is 2.12. The molecule has 0 rings (SSSR count). The van der Waals surface area contributed by atoms with E-state index in [0.29, 0.717) is 0 Å². The molecule has 17 heavy (non-hydrogen) atoms. The van der Waals surface area contributed by atoms with Crippen LogP contribution in [0.1, 0.15) is 19.3 Å². The summed E-state index contributed by atoms with van der Waals surface area (Å²) >= 11 is 0. The first kappa shape index (κ1) is 15.8. The van der Waals surface area contributed by atoms with Gasteiger partial charge in [-0.15, -0.1) is 0 Å². The van der Waals surface area contributed by atoms with Gasteiger partial charge >= 0.3 is 0 Å². The first-order valence-electron chi connectivity index (χ1n) is 4.29. The van der Waals surface area contributed by atoms with Gasteiger partial charge in [-0.25, -0.2) is 0 Å². The van der Waals surface area contributed by atoms with E-state index in [-0.39, 0.29) is 0 Å². The third-order valence-corrected chi connectivity index (χ3v) is 4.41. The van der Waals surface area contributed by atoms with Crippen LogP contribution in [0.15, 0.2) is 0 Å². The monoisotopic (exact) mass is 282 g/mol. The second-order valence-corrected chi connectivity index (χ2v) is 6.63. The lowest BCUT2D eigenvalue weighted by Crippen LogP contribution is -2.30. The first-order valence-corrected chi connectivity index (χ1v) is 7.30. The van der Waals surface area contributed by atoms with Crippen molar-refractivity contribution < 1.29 is 25.9 Å². The normalized spacial score (nSPS) is 15.5. The van der Waals surface area contributed by atoms with E-state index in [0.717, 1.165) is 0 Å². The molecule has 10 heteroatoms. The third kappa shape index (κ3) is 5.60. The third-order valence-electron chi connectivity index (χ3n) is 2.01. The van der Waals surface area contributed by atoms with Crippen molar-refractivity contribution in [2.45, 2.75) is 29.8 Å². The molecule has 0 aromatic carbocycles. The highest BCUT2D eigenvalue weighted by Gasteiger charge is 2.32. The molecule has 0 aliphatic heterocycles. The van der Waals surface area contributed by atoms with Crippen LogP contribution in [-0.2, 0) is 20.2 Å². The minimum Gasteiger partial charge on any atom is -0.285 e. The van der Waals surface area contributed by atoms with Crippen LogP contribution in [0.3, 0.4) is 0 Å². The number of rotatable bonds is 6. The summed E-state index contributed by atoms with van der Waals surface area (Å²) in [5, 5.41) is 13.4. The Balaban J connectivity index is 5.11. The molecule has 2 N–H and O–H groups in total. The molecule has 96 valence electrons. The van der Waals surface area contributed by atoms with Crippen LogP contribution in [0.2, 0.25) is 0 Å². The lowest BCUT2D eigenvalue weighted by atomic mass is 10.1. The topological polar surface area (TPSA) is 156 Å². The van der Waals surface area contributed by atoms with Gasteiger partial charge < -0.3 is 0 Å². The molecule has 0 spiro atoms. The zero-order valence-corrected chi connectivity index (χ0v) is 10.1. The molecule has 0 aromatic rings. The van der Waals surface area contributed by atoms with Crippen molar-refractivity contribution in [2.24, 2.45) is 0 Å². The molecular weight excluding hydrogens is 272 g/mol. The molecule has 0 radical (unpaired) electrons. The van der Waals surface area contributed by atoms with Crippen LogP contribution in [0.4, 0.5) is 0 Å². The van der Waals surface area contributed by atoms with Crippen molar-refractivity contribution in [3.8, 4) is 12.1 Å². The smallest absolute Gasteiger partial charge is 0.268 e. The van der Waals surface area contributed by atoms with E-state index in [1.807, 2.05) is 0 Å². The van der Waals surface area contributed by atoms with Crippen molar-refractivity contribution in [3.63, 3.8) is 0 Å². The Bertz CT molecular complexity index is 488. The molecule has 2 unspecified atom stereocenters. The fraction of sp³-hybridized carbons (Fsp3) is 0.714. The highest BCUT2D eigenvalue weighted by atomic mass is 32.2. The van der Waals surface area contributed by atoms with Gasteiger partial charge in [0.05, 0.1) is 25.0 Å². The zero-order valence-electron chi connectivity index (χ0n) is 8.51. The maximum absolute atomic E-state index is 10.8. The Labute approximate surface area is 99.0 Å². The predicted molar refractivity (Wildman–Crippen MR) is 55.8 cm³/mol. The van der Waals surface area contributed by atoms with E-state index in [9.17, 15) is 16.8 Å². The average molecular weight is 282 g/mol. The van der Waals surface area contributed by atoms with Crippen LogP contribution < -0.4 is 0 Å². The van der Waals surface area contributed by atoms with Crippen molar-refractivity contribution in [1.29, 1.82) is 10.5 Å². The minimum atomic E-state index is -4.61. The molecule has 0 amide bonds. The van der Waals surface area contributed by atoms with Crippen LogP contribution in [-0.4, -0.2) is 36.4 Å². The maximum Gasteiger partial charge on any atom is 0.268 e. The summed E-state index contributed by atoms with van der Waals surface area (Å²) in [6.45, 7) is 0. The summed E-state index contributed by atoms with van der Waals surface area (Å²) in [5.74, 6) is 0. The van der Waals surface area contributed by atoms with E-state index >= 15 is 0 Å². The Morgan fingerprint density at radius 1 is 0.882 bits per heavy atom. The van der Waals surface area contributed by atoms with Gasteiger partial charge in [0.15, 0.2) is 0 Å². The lowest BCUT2D eigenvalue weighted by molar-refractivity contribution is 0.445. The molecule has 0 bridgehead atoms. The fourth-order valence-corrected chi connectivity index (χ4v) is 2.76. The van der Waals surface area contributed by atoms with Gasteiger partial charge in [0.1, 0.15) is 10.5 Å². The molecule has 8 nitrogen and oxygen atoms in total. The maximum atomic E-state index is 10.8. The summed E-state index contributed by atoms with van der Waals surface area (Å²) in [7, 11) is -9.22. The summed E-state index contributed by atoms with van der Waals surface area (Å²) in [6, 6.07) is 2.95. The quantitative estimate of drug-likeness (QED) is 0.629. The van der Waals surface area contributed by atoms with Gasteiger partial charge in [-0.05, 0) is 6.42 Å². The van der Waals surface area contributed by atoms with E-state index in [1.54, 1.807) is 0 Å². The summed E-state index contributed by atoms with van der Waals surface area (Å²) in [6.07, 6.45) is -1.97. The Morgan fingerprint density at radius 3 is 1.35 bits per heavy atom. The van der Waals surface area contributed by atoms with E-state index in [1.165, 1.54) is 12.1 Å². The van der Waals surface area contributed by atoms with E-state index in [4.69, 9.17) is 19.6 Å². The summed E-state index contributed by atoms with van der Waals surface area (Å²) in [4.78, 5) is 0. The van der Waals surface area contributed by atoms with Gasteiger partial charge in [0, 0.05) is 0 Å². The second-order valence-electron chi connectivity index (χ2n) is 3.23. The van der Waals surface area contributed by atoms with Crippen molar-refractivity contribution in [2.75, 3.05) is 0 Å². The Kier molecular flexibility index (Phi) is 5.51. The second kappa shape index (κ2) is 5.93. The molecule has 0 fully saturated rings. The Morgan fingerprint density at radius 2 is 1.18 bits per heavy atom. The largest absolute Gasteiger partial charge is 0.285 e. The van der Waals surface area contributed by atoms with E-state index < -0.39 is 50.0 Å². The molecular formula is C7H10N2O6S2. The minimum absolute atomic E-state index is 0.629. The number of hydrogen-bond acceptors (Lipinski definition) is 6. The van der Waals surface area contributed by atoms with Gasteiger partial charge in [-0.3, -0.25) is 9.11 Å². The first-order chi connectivity index (χ1) is 7.62. The van der Waals surface area contributed by atoms with Crippen molar-refractivity contribution in [3.05, 3.63) is 0 Å². The highest BCUT2D eigenvalue weighted by molar-refractivity contribution is 7.87. The van der Waals surface area contributed by atoms with Gasteiger partial charge in [0.25, 0.3) is 20.2 Å². The lowest BCUT2D eigenvalue weighted by Gasteiger charge is -2.15. The Hall–Kier alpha value is -1.20. The number of nitriles is 2. The predicted octanol–water partition coefficient (Wildman–Crippen LogP) is -0.283. The molecule has 0 heterocycles. The van der Waals surface area contributed by atoms with Gasteiger partial charge in [0.2, 0.25) is 0 Å². The van der Waals surface area contributed by atoms with Crippen molar-refractivity contribution in [1.82, 2.24) is 0 Å². The molecule has 0 aromatic heterocycles. The van der Waals surface area contributed by atoms with Gasteiger partial charge in [-0.1, -0.05) is 0 Å². The van der Waals surface area contributed by atoms with E-state index in [2.05, 4.69) is 0 Å². The van der Waals surface area contributed by atoms with Crippen molar-refractivity contribution >= 4 is 20.2 Å². The summed E-state index contributed by atoms with van der Waals surface area (Å²) < 4.78 is 60.8. The molecule has 0 saturated heterocycles. The summed E-state index contributed by atoms with van der Waals surface area (Å²) in [5.41, 5.74) is 0. The highest BCUT2D eigenvalue weighted by Crippen LogP contribution is 2.18. The molecule has 0 aliphatic carbocycles. The van der Waals surface area contributed by atoms with Crippen LogP contribution in [0.5, 0.6) is 0 Å².